The first-order valence-corrected chi connectivity index (χ1v) is 2.72. The van der Waals surface area contributed by atoms with Crippen LogP contribution >= 0.6 is 23.9 Å². The normalized spacial score (nSPS) is 8.12. The second kappa shape index (κ2) is 3.77. The summed E-state index contributed by atoms with van der Waals surface area (Å²) in [5.41, 5.74) is 6.84. The van der Waals surface area contributed by atoms with Gasteiger partial charge in [-0.1, -0.05) is 0 Å². The Morgan fingerprint density at radius 2 is 2.50 bits per heavy atom. The van der Waals surface area contributed by atoms with Gasteiger partial charge in [0, 0.05) is 0 Å². The number of nitrogens with zero attached hydrogens (tertiary/aromatic N) is 2. The molecule has 5 heteroatoms. The van der Waals surface area contributed by atoms with Crippen LogP contribution in [0.5, 0.6) is 0 Å². The van der Waals surface area contributed by atoms with E-state index >= 15 is 0 Å². The molecule has 0 atom stereocenters. The van der Waals surface area contributed by atoms with Gasteiger partial charge < -0.3 is 5.73 Å². The van der Waals surface area contributed by atoms with E-state index in [0.717, 1.165) is 5.82 Å². The fourth-order valence-corrected chi connectivity index (χ4v) is 0.742. The first kappa shape index (κ1) is 7.81. The van der Waals surface area contributed by atoms with E-state index in [-0.39, 0.29) is 12.4 Å². The molecule has 46 valence electrons. The summed E-state index contributed by atoms with van der Waals surface area (Å²) in [6.07, 6.45) is 0. The third kappa shape index (κ3) is 1.73. The summed E-state index contributed by atoms with van der Waals surface area (Å²) in [7, 11) is 0. The average Bonchev–Trinajstić information content (AvgIpc) is 2.14. The highest BCUT2D eigenvalue weighted by molar-refractivity contribution is 7.03. The van der Waals surface area contributed by atoms with Crippen molar-refractivity contribution in [2.45, 2.75) is 6.54 Å². The van der Waals surface area contributed by atoms with Gasteiger partial charge in [-0.05, 0) is 11.5 Å². The molecule has 1 aromatic rings. The number of nitrogens with two attached hydrogens (primary N) is 1. The zero-order valence-corrected chi connectivity index (χ0v) is 5.71. The van der Waals surface area contributed by atoms with E-state index in [1.165, 1.54) is 11.5 Å². The van der Waals surface area contributed by atoms with Crippen molar-refractivity contribution in [3.63, 3.8) is 0 Å². The maximum Gasteiger partial charge on any atom is 0.155 e. The first-order chi connectivity index (χ1) is 3.43. The minimum absolute atomic E-state index is 0. The molecule has 1 rings (SSSR count). The van der Waals surface area contributed by atoms with E-state index < -0.39 is 0 Å². The summed E-state index contributed by atoms with van der Waals surface area (Å²) in [6.45, 7) is 0.448. The van der Waals surface area contributed by atoms with E-state index in [9.17, 15) is 0 Å². The van der Waals surface area contributed by atoms with Crippen molar-refractivity contribution >= 4 is 23.9 Å². The monoisotopic (exact) mass is 151 g/mol. The molecule has 1 heterocycles. The highest BCUT2D eigenvalue weighted by atomic mass is 35.5. The predicted molar refractivity (Wildman–Crippen MR) is 35.0 cm³/mol. The van der Waals surface area contributed by atoms with Crippen LogP contribution in [-0.2, 0) is 6.54 Å². The fraction of sp³-hybridized carbons (Fsp3) is 0.333. The van der Waals surface area contributed by atoms with Crippen LogP contribution in [0, 0.1) is 0 Å². The summed E-state index contributed by atoms with van der Waals surface area (Å²) in [4.78, 5) is 3.82. The predicted octanol–water partition coefficient (Wildman–Crippen LogP) is 0.419. The highest BCUT2D eigenvalue weighted by Crippen LogP contribution is 1.89. The minimum Gasteiger partial charge on any atom is -0.324 e. The van der Waals surface area contributed by atoms with Crippen LogP contribution in [0.3, 0.4) is 0 Å². The Morgan fingerprint density at radius 1 is 1.75 bits per heavy atom. The molecule has 0 fully saturated rings. The summed E-state index contributed by atoms with van der Waals surface area (Å²) in [6, 6.07) is 0. The van der Waals surface area contributed by atoms with Crippen LogP contribution in [0.1, 0.15) is 5.82 Å². The number of aromatic nitrogens is 2. The lowest BCUT2D eigenvalue weighted by molar-refractivity contribution is 0.958. The quantitative estimate of drug-likeness (QED) is 0.633. The smallest absolute Gasteiger partial charge is 0.155 e. The maximum absolute atomic E-state index is 5.18. The van der Waals surface area contributed by atoms with Gasteiger partial charge in [-0.3, -0.25) is 0 Å². The number of hydrogen-bond acceptors (Lipinski definition) is 4. The summed E-state index contributed by atoms with van der Waals surface area (Å²) in [5.74, 6) is 0.727. The Hall–Kier alpha value is -0.190. The molecule has 2 N–H and O–H groups in total. The molecule has 0 bridgehead atoms. The van der Waals surface area contributed by atoms with Crippen LogP contribution in [-0.4, -0.2) is 9.36 Å². The molecular formula is C3H6ClN3S. The Morgan fingerprint density at radius 3 is 2.75 bits per heavy atom. The molecule has 0 saturated carbocycles. The standard InChI is InChI=1S/C3H5N3S.ClH/c4-1-3-5-2-7-6-3;/h2H,1,4H2;1H. The SMILES string of the molecule is Cl.NCc1ncsn1. The Labute approximate surface area is 57.5 Å². The molecule has 1 aromatic heterocycles. The Bertz CT molecular complexity index is 129. The third-order valence-electron chi connectivity index (χ3n) is 0.590. The number of hydrogen-bond donors (Lipinski definition) is 1. The molecule has 0 saturated heterocycles. The minimum atomic E-state index is 0. The number of rotatable bonds is 1. The second-order valence-electron chi connectivity index (χ2n) is 1.05. The lowest BCUT2D eigenvalue weighted by Gasteiger charge is -1.76. The van der Waals surface area contributed by atoms with Crippen molar-refractivity contribution in [1.29, 1.82) is 0 Å². The number of halogens is 1. The molecule has 0 aliphatic carbocycles. The van der Waals surface area contributed by atoms with Crippen molar-refractivity contribution in [2.24, 2.45) is 5.73 Å². The first-order valence-electron chi connectivity index (χ1n) is 1.89. The third-order valence-corrected chi connectivity index (χ3v) is 1.11. The van der Waals surface area contributed by atoms with Crippen molar-refractivity contribution in [3.8, 4) is 0 Å². The van der Waals surface area contributed by atoms with Crippen molar-refractivity contribution < 1.29 is 0 Å². The zero-order chi connectivity index (χ0) is 5.11. The van der Waals surface area contributed by atoms with Crippen LogP contribution in [0.15, 0.2) is 5.51 Å². The summed E-state index contributed by atoms with van der Waals surface area (Å²) < 4.78 is 3.84. The van der Waals surface area contributed by atoms with Crippen molar-refractivity contribution in [2.75, 3.05) is 0 Å². The summed E-state index contributed by atoms with van der Waals surface area (Å²) >= 11 is 1.32. The van der Waals surface area contributed by atoms with Gasteiger partial charge in [-0.15, -0.1) is 12.4 Å². The summed E-state index contributed by atoms with van der Waals surface area (Å²) in [5, 5.41) is 0. The van der Waals surface area contributed by atoms with Gasteiger partial charge in [0.05, 0.1) is 6.54 Å². The molecule has 0 aromatic carbocycles. The van der Waals surface area contributed by atoms with E-state index in [1.54, 1.807) is 5.51 Å². The van der Waals surface area contributed by atoms with E-state index in [0.29, 0.717) is 6.54 Å². The van der Waals surface area contributed by atoms with Gasteiger partial charge in [0.1, 0.15) is 5.51 Å². The lowest BCUT2D eigenvalue weighted by atomic mass is 10.6. The lowest BCUT2D eigenvalue weighted by Crippen LogP contribution is -1.96. The van der Waals surface area contributed by atoms with Gasteiger partial charge in [0.15, 0.2) is 5.82 Å². The van der Waals surface area contributed by atoms with Gasteiger partial charge in [-0.2, -0.15) is 4.37 Å². The molecule has 0 aliphatic rings. The van der Waals surface area contributed by atoms with Crippen LogP contribution in [0.2, 0.25) is 0 Å². The second-order valence-corrected chi connectivity index (χ2v) is 1.66. The van der Waals surface area contributed by atoms with E-state index in [4.69, 9.17) is 5.73 Å². The average molecular weight is 152 g/mol. The molecule has 0 unspecified atom stereocenters. The van der Waals surface area contributed by atoms with Gasteiger partial charge in [0.25, 0.3) is 0 Å². The molecule has 0 radical (unpaired) electrons. The van der Waals surface area contributed by atoms with Gasteiger partial charge >= 0.3 is 0 Å². The van der Waals surface area contributed by atoms with Crippen LogP contribution < -0.4 is 5.73 Å². The van der Waals surface area contributed by atoms with Crippen molar-refractivity contribution in [1.82, 2.24) is 9.36 Å². The van der Waals surface area contributed by atoms with E-state index in [2.05, 4.69) is 9.36 Å². The van der Waals surface area contributed by atoms with Gasteiger partial charge in [-0.25, -0.2) is 4.98 Å². The molecule has 3 nitrogen and oxygen atoms in total. The maximum atomic E-state index is 5.18. The van der Waals surface area contributed by atoms with Crippen LogP contribution in [0.4, 0.5) is 0 Å². The Kier molecular flexibility index (Phi) is 3.68. The van der Waals surface area contributed by atoms with Crippen molar-refractivity contribution in [3.05, 3.63) is 11.3 Å². The van der Waals surface area contributed by atoms with E-state index in [1.807, 2.05) is 0 Å². The zero-order valence-electron chi connectivity index (χ0n) is 4.07. The molecule has 0 amide bonds. The van der Waals surface area contributed by atoms with Gasteiger partial charge in [0.2, 0.25) is 0 Å². The molecule has 8 heavy (non-hydrogen) atoms. The molecule has 0 spiro atoms. The largest absolute Gasteiger partial charge is 0.324 e. The molecule has 0 aliphatic heterocycles. The highest BCUT2D eigenvalue weighted by Gasteiger charge is 1.86. The topological polar surface area (TPSA) is 51.8 Å². The van der Waals surface area contributed by atoms with Crippen LogP contribution in [0.25, 0.3) is 0 Å². The fourth-order valence-electron chi connectivity index (χ4n) is 0.282. The Balaban J connectivity index is 0.000000490. The molecular weight excluding hydrogens is 146 g/mol.